The largest absolute Gasteiger partial charge is 0.390 e. The Morgan fingerprint density at radius 2 is 2.22 bits per heavy atom. The second-order valence-electron chi connectivity index (χ2n) is 8.26. The van der Waals surface area contributed by atoms with Gasteiger partial charge in [-0.25, -0.2) is 15.0 Å². The SMILES string of the molecule is CCNC(=O)[C@@H](O[C@H](O)n1cnc2c(N)nc(C#CC3(O)CCCC(C)C3)nc21)C(C)O. The molecule has 1 aliphatic rings. The van der Waals surface area contributed by atoms with Crippen LogP contribution in [0.3, 0.4) is 0 Å². The smallest absolute Gasteiger partial charge is 0.252 e. The molecule has 174 valence electrons. The fourth-order valence-electron chi connectivity index (χ4n) is 3.83. The Hall–Kier alpha value is -2.78. The number of ether oxygens (including phenoxy) is 1. The molecule has 0 aliphatic heterocycles. The van der Waals surface area contributed by atoms with Crippen LogP contribution in [0.2, 0.25) is 0 Å². The van der Waals surface area contributed by atoms with Gasteiger partial charge in [0.25, 0.3) is 5.91 Å². The fourth-order valence-corrected chi connectivity index (χ4v) is 3.83. The molecular formula is C21H30N6O5. The lowest BCUT2D eigenvalue weighted by atomic mass is 9.79. The number of nitrogens with one attached hydrogen (secondary N) is 1. The Labute approximate surface area is 186 Å². The summed E-state index contributed by atoms with van der Waals surface area (Å²) in [7, 11) is 0. The van der Waals surface area contributed by atoms with Gasteiger partial charge in [-0.2, -0.15) is 0 Å². The third-order valence-electron chi connectivity index (χ3n) is 5.38. The minimum atomic E-state index is -1.68. The van der Waals surface area contributed by atoms with E-state index in [-0.39, 0.29) is 22.8 Å². The summed E-state index contributed by atoms with van der Waals surface area (Å²) in [4.78, 5) is 24.7. The zero-order valence-corrected chi connectivity index (χ0v) is 18.4. The van der Waals surface area contributed by atoms with Gasteiger partial charge in [0.05, 0.1) is 6.10 Å². The number of carbonyl (C=O) groups excluding carboxylic acids is 1. The molecule has 1 fully saturated rings. The van der Waals surface area contributed by atoms with Crippen molar-refractivity contribution in [3.8, 4) is 11.8 Å². The van der Waals surface area contributed by atoms with E-state index in [1.807, 2.05) is 0 Å². The van der Waals surface area contributed by atoms with Gasteiger partial charge in [-0.3, -0.25) is 9.36 Å². The molecule has 0 radical (unpaired) electrons. The highest BCUT2D eigenvalue weighted by Gasteiger charge is 2.31. The summed E-state index contributed by atoms with van der Waals surface area (Å²) in [6.45, 7) is 5.52. The molecule has 5 atom stereocenters. The highest BCUT2D eigenvalue weighted by Crippen LogP contribution is 2.31. The number of rotatable bonds is 6. The Bertz CT molecular complexity index is 1030. The number of fused-ring (bicyclic) bond motifs is 1. The van der Waals surface area contributed by atoms with E-state index in [1.54, 1.807) is 6.92 Å². The van der Waals surface area contributed by atoms with E-state index in [0.29, 0.717) is 25.3 Å². The number of aliphatic hydroxyl groups is 3. The van der Waals surface area contributed by atoms with Gasteiger partial charge in [0.15, 0.2) is 17.6 Å². The third kappa shape index (κ3) is 5.34. The first-order chi connectivity index (χ1) is 15.1. The molecule has 0 saturated heterocycles. The van der Waals surface area contributed by atoms with Crippen molar-refractivity contribution in [2.45, 2.75) is 70.7 Å². The summed E-state index contributed by atoms with van der Waals surface area (Å²) in [6, 6.07) is 0. The molecule has 11 heteroatoms. The first-order valence-corrected chi connectivity index (χ1v) is 10.7. The molecule has 0 bridgehead atoms. The molecule has 6 N–H and O–H groups in total. The van der Waals surface area contributed by atoms with Crippen LogP contribution in [0.25, 0.3) is 11.2 Å². The van der Waals surface area contributed by atoms with E-state index in [9.17, 15) is 20.1 Å². The van der Waals surface area contributed by atoms with E-state index in [1.165, 1.54) is 13.3 Å². The Morgan fingerprint density at radius 3 is 2.88 bits per heavy atom. The van der Waals surface area contributed by atoms with Gasteiger partial charge in [-0.1, -0.05) is 19.3 Å². The standard InChI is InChI=1S/C21H30N6O5/c1-4-23-19(29)16(13(3)28)32-20(30)27-11-24-15-17(22)25-14(26-18(15)27)7-9-21(31)8-5-6-12(2)10-21/h11-13,16,20,28,30-31H,4-6,8,10H2,1-3H3,(H,23,29)(H2,22,25,26)/t12?,13?,16-,20-,21?/m0/s1. The number of likely N-dealkylation sites (N-methyl/N-ethyl adjacent to an activating group) is 1. The molecule has 2 aromatic rings. The number of carbonyl (C=O) groups is 1. The molecule has 0 aromatic carbocycles. The summed E-state index contributed by atoms with van der Waals surface area (Å²) in [6.07, 6.45) is 0.163. The average Bonchev–Trinajstić information content (AvgIpc) is 3.15. The van der Waals surface area contributed by atoms with E-state index in [4.69, 9.17) is 10.5 Å². The monoisotopic (exact) mass is 446 g/mol. The van der Waals surface area contributed by atoms with Gasteiger partial charge in [0.1, 0.15) is 17.4 Å². The molecule has 11 nitrogen and oxygen atoms in total. The second kappa shape index (κ2) is 9.79. The van der Waals surface area contributed by atoms with Crippen molar-refractivity contribution in [2.24, 2.45) is 5.92 Å². The highest BCUT2D eigenvalue weighted by atomic mass is 16.6. The minimum absolute atomic E-state index is 0.0463. The molecule has 3 rings (SSSR count). The van der Waals surface area contributed by atoms with Gasteiger partial charge in [0, 0.05) is 6.54 Å². The average molecular weight is 447 g/mol. The zero-order chi connectivity index (χ0) is 23.5. The maximum atomic E-state index is 12.1. The summed E-state index contributed by atoms with van der Waals surface area (Å²) < 4.78 is 6.54. The van der Waals surface area contributed by atoms with Crippen LogP contribution in [0.5, 0.6) is 0 Å². The number of aromatic nitrogens is 4. The van der Waals surface area contributed by atoms with Crippen molar-refractivity contribution in [1.29, 1.82) is 0 Å². The quantitative estimate of drug-likeness (QED) is 0.304. The maximum Gasteiger partial charge on any atom is 0.252 e. The number of hydrogen-bond acceptors (Lipinski definition) is 9. The van der Waals surface area contributed by atoms with Crippen molar-refractivity contribution in [3.63, 3.8) is 0 Å². The Morgan fingerprint density at radius 1 is 1.47 bits per heavy atom. The van der Waals surface area contributed by atoms with E-state index in [0.717, 1.165) is 17.4 Å². The number of hydrogen-bond donors (Lipinski definition) is 5. The summed E-state index contributed by atoms with van der Waals surface area (Å²) in [5.41, 5.74) is 5.24. The van der Waals surface area contributed by atoms with Crippen molar-refractivity contribution in [2.75, 3.05) is 12.3 Å². The first kappa shape index (κ1) is 23.9. The predicted molar refractivity (Wildman–Crippen MR) is 116 cm³/mol. The molecule has 32 heavy (non-hydrogen) atoms. The van der Waals surface area contributed by atoms with Crippen molar-refractivity contribution in [1.82, 2.24) is 24.8 Å². The fraction of sp³-hybridized carbons (Fsp3) is 0.619. The second-order valence-corrected chi connectivity index (χ2v) is 8.26. The molecule has 3 unspecified atom stereocenters. The number of imidazole rings is 1. The number of nitrogens with two attached hydrogens (primary N) is 1. The van der Waals surface area contributed by atoms with Crippen molar-refractivity contribution < 1.29 is 24.9 Å². The van der Waals surface area contributed by atoms with Crippen molar-refractivity contribution in [3.05, 3.63) is 12.2 Å². The normalized spacial score (nSPS) is 23.8. The van der Waals surface area contributed by atoms with Crippen LogP contribution in [0, 0.1) is 17.8 Å². The number of nitrogen functional groups attached to an aromatic ring is 1. The lowest BCUT2D eigenvalue weighted by Crippen LogP contribution is -2.44. The lowest BCUT2D eigenvalue weighted by molar-refractivity contribution is -0.204. The Kier molecular flexibility index (Phi) is 7.30. The molecule has 2 aromatic heterocycles. The number of aliphatic hydroxyl groups excluding tert-OH is 2. The van der Waals surface area contributed by atoms with Crippen LogP contribution in [-0.2, 0) is 9.53 Å². The number of nitrogens with zero attached hydrogens (tertiary/aromatic N) is 4. The van der Waals surface area contributed by atoms with Gasteiger partial charge in [-0.05, 0) is 44.9 Å². The van der Waals surface area contributed by atoms with Crippen LogP contribution < -0.4 is 11.1 Å². The minimum Gasteiger partial charge on any atom is -0.390 e. The zero-order valence-electron chi connectivity index (χ0n) is 18.4. The topological polar surface area (TPSA) is 169 Å². The van der Waals surface area contributed by atoms with Crippen LogP contribution in [0.4, 0.5) is 5.82 Å². The van der Waals surface area contributed by atoms with Crippen LogP contribution in [-0.4, -0.2) is 65.1 Å². The van der Waals surface area contributed by atoms with Gasteiger partial charge < -0.3 is 31.1 Å². The van der Waals surface area contributed by atoms with E-state index in [2.05, 4.69) is 39.0 Å². The lowest BCUT2D eigenvalue weighted by Gasteiger charge is -2.30. The van der Waals surface area contributed by atoms with Crippen molar-refractivity contribution >= 4 is 22.9 Å². The van der Waals surface area contributed by atoms with Crippen LogP contribution >= 0.6 is 0 Å². The number of anilines is 1. The first-order valence-electron chi connectivity index (χ1n) is 10.7. The molecular weight excluding hydrogens is 416 g/mol. The molecule has 1 saturated carbocycles. The van der Waals surface area contributed by atoms with E-state index >= 15 is 0 Å². The molecule has 2 heterocycles. The predicted octanol–water partition coefficient (Wildman–Crippen LogP) is 0.0517. The number of amides is 1. The molecule has 0 spiro atoms. The maximum absolute atomic E-state index is 12.1. The summed E-state index contributed by atoms with van der Waals surface area (Å²) in [5.74, 6) is 5.57. The molecule has 1 aliphatic carbocycles. The van der Waals surface area contributed by atoms with Gasteiger partial charge in [-0.15, -0.1) is 0 Å². The highest BCUT2D eigenvalue weighted by molar-refractivity contribution is 5.82. The van der Waals surface area contributed by atoms with Gasteiger partial charge in [0.2, 0.25) is 12.2 Å². The van der Waals surface area contributed by atoms with Gasteiger partial charge >= 0.3 is 0 Å². The van der Waals surface area contributed by atoms with Crippen LogP contribution in [0.15, 0.2) is 6.33 Å². The summed E-state index contributed by atoms with van der Waals surface area (Å²) in [5, 5.41) is 33.7. The molecule has 1 amide bonds. The Balaban J connectivity index is 1.89. The summed E-state index contributed by atoms with van der Waals surface area (Å²) >= 11 is 0. The van der Waals surface area contributed by atoms with Crippen LogP contribution in [0.1, 0.15) is 58.7 Å². The third-order valence-corrected chi connectivity index (χ3v) is 5.38. The van der Waals surface area contributed by atoms with E-state index < -0.39 is 30.1 Å².